The van der Waals surface area contributed by atoms with E-state index < -0.39 is 0 Å². The fraction of sp³-hybridized carbons (Fsp3) is 0.0667. The third-order valence-electron chi connectivity index (χ3n) is 2.70. The lowest BCUT2D eigenvalue weighted by Gasteiger charge is -2.01. The van der Waals surface area contributed by atoms with Gasteiger partial charge in [-0.15, -0.1) is 11.8 Å². The molecule has 1 heterocycles. The molecular formula is C15H12N2OS2. The van der Waals surface area contributed by atoms with E-state index in [0.717, 1.165) is 11.3 Å². The predicted octanol–water partition coefficient (Wildman–Crippen LogP) is 4.72. The summed E-state index contributed by atoms with van der Waals surface area (Å²) in [5, 5.41) is 0.556. The highest BCUT2D eigenvalue weighted by Crippen LogP contribution is 2.28. The lowest BCUT2D eigenvalue weighted by molar-refractivity contribution is 0.479. The van der Waals surface area contributed by atoms with Crippen LogP contribution in [0.25, 0.3) is 11.4 Å². The molecule has 3 nitrogen and oxygen atoms in total. The van der Waals surface area contributed by atoms with Gasteiger partial charge in [-0.1, -0.05) is 30.3 Å². The number of nitrogens with zero attached hydrogens (tertiary/aromatic N) is 2. The molecule has 0 fully saturated rings. The van der Waals surface area contributed by atoms with Crippen molar-refractivity contribution in [2.45, 2.75) is 4.90 Å². The van der Waals surface area contributed by atoms with Crippen LogP contribution in [0.1, 0.15) is 0 Å². The largest absolute Gasteiger partial charge is 0.430 e. The first-order valence-corrected chi connectivity index (χ1v) is 8.06. The number of thioether (sulfide) groups is 1. The Morgan fingerprint density at radius 1 is 1.00 bits per heavy atom. The highest BCUT2D eigenvalue weighted by molar-refractivity contribution is 7.98. The first kappa shape index (κ1) is 13.1. The van der Waals surface area contributed by atoms with Crippen molar-refractivity contribution in [2.75, 3.05) is 6.26 Å². The third kappa shape index (κ3) is 3.00. The van der Waals surface area contributed by atoms with Crippen LogP contribution >= 0.6 is 23.3 Å². The second-order valence-corrected chi connectivity index (χ2v) is 5.62. The van der Waals surface area contributed by atoms with E-state index in [0.29, 0.717) is 11.0 Å². The van der Waals surface area contributed by atoms with Gasteiger partial charge in [0.25, 0.3) is 5.19 Å². The Balaban J connectivity index is 1.77. The summed E-state index contributed by atoms with van der Waals surface area (Å²) in [6.07, 6.45) is 2.05. The van der Waals surface area contributed by atoms with Gasteiger partial charge in [-0.25, -0.2) is 0 Å². The summed E-state index contributed by atoms with van der Waals surface area (Å²) in [6, 6.07) is 17.8. The Kier molecular flexibility index (Phi) is 3.99. The van der Waals surface area contributed by atoms with Crippen molar-refractivity contribution < 1.29 is 4.74 Å². The fourth-order valence-electron chi connectivity index (χ4n) is 1.70. The molecule has 0 spiro atoms. The molecule has 0 saturated heterocycles. The maximum atomic E-state index is 5.72. The minimum Gasteiger partial charge on any atom is -0.430 e. The first-order valence-electron chi connectivity index (χ1n) is 6.06. The normalized spacial score (nSPS) is 10.4. The monoisotopic (exact) mass is 300 g/mol. The number of rotatable bonds is 4. The van der Waals surface area contributed by atoms with E-state index in [-0.39, 0.29) is 0 Å². The molecular weight excluding hydrogens is 288 g/mol. The maximum Gasteiger partial charge on any atom is 0.299 e. The Morgan fingerprint density at radius 2 is 1.75 bits per heavy atom. The van der Waals surface area contributed by atoms with Gasteiger partial charge >= 0.3 is 0 Å². The molecule has 3 aromatic rings. The second-order valence-electron chi connectivity index (χ2n) is 4.03. The zero-order valence-corrected chi connectivity index (χ0v) is 12.4. The zero-order chi connectivity index (χ0) is 13.8. The van der Waals surface area contributed by atoms with Crippen LogP contribution in [0.4, 0.5) is 0 Å². The average Bonchev–Trinajstić information content (AvgIpc) is 2.97. The number of benzene rings is 2. The van der Waals surface area contributed by atoms with Crippen molar-refractivity contribution in [3.05, 3.63) is 54.6 Å². The molecule has 2 aromatic carbocycles. The van der Waals surface area contributed by atoms with E-state index in [4.69, 9.17) is 4.74 Å². The van der Waals surface area contributed by atoms with Crippen LogP contribution in [-0.2, 0) is 0 Å². The van der Waals surface area contributed by atoms with Gasteiger partial charge in [0.1, 0.15) is 5.75 Å². The van der Waals surface area contributed by atoms with E-state index in [2.05, 4.69) is 9.36 Å². The van der Waals surface area contributed by atoms with Crippen molar-refractivity contribution in [3.63, 3.8) is 0 Å². The van der Waals surface area contributed by atoms with Gasteiger partial charge in [0.15, 0.2) is 5.82 Å². The van der Waals surface area contributed by atoms with Crippen molar-refractivity contribution in [1.29, 1.82) is 0 Å². The van der Waals surface area contributed by atoms with Gasteiger partial charge in [0, 0.05) is 22.0 Å². The standard InChI is InChI=1S/C15H12N2OS2/c1-19-13-9-7-12(8-10-13)18-15-16-14(17-20-15)11-5-3-2-4-6-11/h2-10H,1H3. The van der Waals surface area contributed by atoms with Crippen LogP contribution in [0.5, 0.6) is 10.9 Å². The Morgan fingerprint density at radius 3 is 2.45 bits per heavy atom. The summed E-state index contributed by atoms with van der Waals surface area (Å²) in [7, 11) is 0. The Bertz CT molecular complexity index is 681. The quantitative estimate of drug-likeness (QED) is 0.653. The topological polar surface area (TPSA) is 35.0 Å². The van der Waals surface area contributed by atoms with Crippen LogP contribution < -0.4 is 4.74 Å². The molecule has 0 N–H and O–H groups in total. The number of hydrogen-bond donors (Lipinski definition) is 0. The van der Waals surface area contributed by atoms with Crippen molar-refractivity contribution >= 4 is 23.3 Å². The molecule has 0 aliphatic rings. The number of ether oxygens (including phenoxy) is 1. The molecule has 3 rings (SSSR count). The fourth-order valence-corrected chi connectivity index (χ4v) is 2.68. The lowest BCUT2D eigenvalue weighted by Crippen LogP contribution is -1.84. The number of aromatic nitrogens is 2. The highest BCUT2D eigenvalue weighted by atomic mass is 32.2. The highest BCUT2D eigenvalue weighted by Gasteiger charge is 2.07. The van der Waals surface area contributed by atoms with Crippen LogP contribution in [0.3, 0.4) is 0 Å². The summed E-state index contributed by atoms with van der Waals surface area (Å²) in [5.74, 6) is 1.48. The molecule has 0 unspecified atom stereocenters. The minimum absolute atomic E-state index is 0.556. The van der Waals surface area contributed by atoms with E-state index in [1.807, 2.05) is 60.9 Å². The molecule has 0 amide bonds. The Labute approximate surface area is 125 Å². The molecule has 100 valence electrons. The van der Waals surface area contributed by atoms with E-state index in [1.165, 1.54) is 16.4 Å². The van der Waals surface area contributed by atoms with Crippen molar-refractivity contribution in [2.24, 2.45) is 0 Å². The summed E-state index contributed by atoms with van der Waals surface area (Å²) in [4.78, 5) is 5.61. The molecule has 0 radical (unpaired) electrons. The molecule has 5 heteroatoms. The van der Waals surface area contributed by atoms with Gasteiger partial charge in [-0.05, 0) is 30.5 Å². The van der Waals surface area contributed by atoms with E-state index >= 15 is 0 Å². The van der Waals surface area contributed by atoms with Gasteiger partial charge in [-0.2, -0.15) is 9.36 Å². The smallest absolute Gasteiger partial charge is 0.299 e. The summed E-state index contributed by atoms with van der Waals surface area (Å²) >= 11 is 2.96. The maximum absolute atomic E-state index is 5.72. The second kappa shape index (κ2) is 6.07. The molecule has 0 atom stereocenters. The van der Waals surface area contributed by atoms with Crippen molar-refractivity contribution in [1.82, 2.24) is 9.36 Å². The van der Waals surface area contributed by atoms with Crippen LogP contribution in [0.15, 0.2) is 59.5 Å². The molecule has 20 heavy (non-hydrogen) atoms. The molecule has 0 bridgehead atoms. The Hall–Kier alpha value is -1.85. The molecule has 0 saturated carbocycles. The number of hydrogen-bond acceptors (Lipinski definition) is 5. The molecule has 0 aliphatic heterocycles. The molecule has 1 aromatic heterocycles. The zero-order valence-electron chi connectivity index (χ0n) is 10.8. The average molecular weight is 300 g/mol. The van der Waals surface area contributed by atoms with Gasteiger partial charge in [0.05, 0.1) is 0 Å². The lowest BCUT2D eigenvalue weighted by atomic mass is 10.2. The minimum atomic E-state index is 0.556. The first-order chi connectivity index (χ1) is 9.85. The molecule has 0 aliphatic carbocycles. The van der Waals surface area contributed by atoms with Gasteiger partial charge in [0.2, 0.25) is 0 Å². The van der Waals surface area contributed by atoms with Crippen LogP contribution in [-0.4, -0.2) is 15.6 Å². The van der Waals surface area contributed by atoms with E-state index in [1.54, 1.807) is 11.8 Å². The van der Waals surface area contributed by atoms with Gasteiger partial charge in [-0.3, -0.25) is 0 Å². The summed E-state index contributed by atoms with van der Waals surface area (Å²) in [6.45, 7) is 0. The van der Waals surface area contributed by atoms with Gasteiger partial charge < -0.3 is 4.74 Å². The van der Waals surface area contributed by atoms with Crippen LogP contribution in [0.2, 0.25) is 0 Å². The summed E-state index contributed by atoms with van der Waals surface area (Å²) in [5.41, 5.74) is 0.997. The third-order valence-corrected chi connectivity index (χ3v) is 4.04. The van der Waals surface area contributed by atoms with E-state index in [9.17, 15) is 0 Å². The van der Waals surface area contributed by atoms with Crippen LogP contribution in [0, 0.1) is 0 Å². The van der Waals surface area contributed by atoms with Crippen molar-refractivity contribution in [3.8, 4) is 22.3 Å². The SMILES string of the molecule is CSc1ccc(Oc2nc(-c3ccccc3)ns2)cc1. The summed E-state index contributed by atoms with van der Waals surface area (Å²) < 4.78 is 10.0. The predicted molar refractivity (Wildman–Crippen MR) is 83.6 cm³/mol.